The molecule has 1 N–H and O–H groups in total. The number of benzene rings is 3. The van der Waals surface area contributed by atoms with Crippen molar-refractivity contribution < 1.29 is 14.3 Å². The van der Waals surface area contributed by atoms with Crippen molar-refractivity contribution in [1.82, 2.24) is 9.38 Å². The zero-order valence-corrected chi connectivity index (χ0v) is 18.8. The highest BCUT2D eigenvalue weighted by molar-refractivity contribution is 6.17. The second-order valence-electron chi connectivity index (χ2n) is 8.45. The van der Waals surface area contributed by atoms with Gasteiger partial charge in [-0.1, -0.05) is 48.5 Å². The summed E-state index contributed by atoms with van der Waals surface area (Å²) in [7, 11) is 0. The predicted octanol–water partition coefficient (Wildman–Crippen LogP) is 4.70. The molecule has 2 amide bonds. The van der Waals surface area contributed by atoms with Gasteiger partial charge < -0.3 is 15.0 Å². The number of rotatable bonds is 2. The van der Waals surface area contributed by atoms with Crippen LogP contribution in [-0.2, 0) is 9.59 Å². The van der Waals surface area contributed by atoms with Crippen LogP contribution in [0.2, 0.25) is 0 Å². The lowest BCUT2D eigenvalue weighted by Crippen LogP contribution is -2.48. The Labute approximate surface area is 195 Å². The van der Waals surface area contributed by atoms with E-state index in [2.05, 4.69) is 9.72 Å². The highest BCUT2D eigenvalue weighted by Gasteiger charge is 2.33. The summed E-state index contributed by atoms with van der Waals surface area (Å²) in [5.74, 6) is 0.899. The maximum absolute atomic E-state index is 13.6. The van der Waals surface area contributed by atoms with E-state index in [9.17, 15) is 9.59 Å². The molecule has 1 atom stereocenters. The van der Waals surface area contributed by atoms with Crippen molar-refractivity contribution in [3.8, 4) is 5.75 Å². The summed E-state index contributed by atoms with van der Waals surface area (Å²) >= 11 is 0. The highest BCUT2D eigenvalue weighted by atomic mass is 16.5. The molecule has 0 saturated carbocycles. The number of carbonyl (C=O) groups is 2. The number of para-hydroxylation sites is 4. The molecule has 3 heterocycles. The van der Waals surface area contributed by atoms with E-state index in [0.717, 1.165) is 33.1 Å². The van der Waals surface area contributed by atoms with E-state index in [1.165, 1.54) is 6.92 Å². The summed E-state index contributed by atoms with van der Waals surface area (Å²) in [6.07, 6.45) is -0.846. The molecule has 0 radical (unpaired) electrons. The van der Waals surface area contributed by atoms with Crippen molar-refractivity contribution in [2.45, 2.75) is 20.0 Å². The Morgan fingerprint density at radius 1 is 0.971 bits per heavy atom. The molecular formula is C27H22N4O3. The highest BCUT2D eigenvalue weighted by Crippen LogP contribution is 2.37. The second kappa shape index (κ2) is 7.59. The molecule has 1 unspecified atom stereocenters. The lowest BCUT2D eigenvalue weighted by Gasteiger charge is -2.33. The first-order valence-electron chi connectivity index (χ1n) is 11.2. The Morgan fingerprint density at radius 2 is 1.68 bits per heavy atom. The van der Waals surface area contributed by atoms with Gasteiger partial charge in [0.05, 0.1) is 34.5 Å². The summed E-state index contributed by atoms with van der Waals surface area (Å²) in [4.78, 5) is 32.2. The normalized spacial score (nSPS) is 15.4. The first kappa shape index (κ1) is 20.2. The van der Waals surface area contributed by atoms with E-state index in [4.69, 9.17) is 9.72 Å². The fraction of sp³-hybridized carbons (Fsp3) is 0.148. The Morgan fingerprint density at radius 3 is 2.50 bits per heavy atom. The minimum atomic E-state index is -0.846. The number of ether oxygens (including phenoxy) is 1. The minimum Gasteiger partial charge on any atom is -0.476 e. The molecule has 168 valence electrons. The second-order valence-corrected chi connectivity index (χ2v) is 8.45. The topological polar surface area (TPSA) is 75.9 Å². The van der Waals surface area contributed by atoms with Gasteiger partial charge in [0.1, 0.15) is 11.6 Å². The summed E-state index contributed by atoms with van der Waals surface area (Å²) in [6.45, 7) is 3.60. The van der Waals surface area contributed by atoms with E-state index in [0.29, 0.717) is 17.1 Å². The Hall–Kier alpha value is -4.39. The summed E-state index contributed by atoms with van der Waals surface area (Å²) < 4.78 is 8.11. The zero-order chi connectivity index (χ0) is 23.4. The number of nitrogens with one attached hydrogen (secondary N) is 1. The number of carbonyl (C=O) groups excluding carboxylic acids is 2. The van der Waals surface area contributed by atoms with Gasteiger partial charge in [-0.3, -0.25) is 14.0 Å². The predicted molar refractivity (Wildman–Crippen MR) is 132 cm³/mol. The molecule has 0 fully saturated rings. The molecule has 0 spiro atoms. The molecule has 7 nitrogen and oxygen atoms in total. The molecule has 0 saturated heterocycles. The summed E-state index contributed by atoms with van der Waals surface area (Å²) in [6, 6.07) is 23.1. The maximum Gasteiger partial charge on any atom is 0.267 e. The fourth-order valence-corrected chi connectivity index (χ4v) is 4.83. The summed E-state index contributed by atoms with van der Waals surface area (Å²) in [5.41, 5.74) is 4.09. The van der Waals surface area contributed by atoms with Gasteiger partial charge in [0, 0.05) is 17.7 Å². The lowest BCUT2D eigenvalue weighted by atomic mass is 10.1. The van der Waals surface area contributed by atoms with Crippen molar-refractivity contribution in [2.75, 3.05) is 16.8 Å². The number of hydrogen-bond acceptors (Lipinski definition) is 4. The molecule has 34 heavy (non-hydrogen) atoms. The van der Waals surface area contributed by atoms with Crippen LogP contribution in [0.1, 0.15) is 12.7 Å². The van der Waals surface area contributed by atoms with Gasteiger partial charge in [-0.25, -0.2) is 4.98 Å². The lowest BCUT2D eigenvalue weighted by molar-refractivity contribution is -0.123. The zero-order valence-electron chi connectivity index (χ0n) is 18.8. The van der Waals surface area contributed by atoms with E-state index >= 15 is 0 Å². The van der Waals surface area contributed by atoms with Crippen LogP contribution in [0.4, 0.5) is 11.4 Å². The molecule has 1 aliphatic heterocycles. The largest absolute Gasteiger partial charge is 0.476 e. The van der Waals surface area contributed by atoms with Gasteiger partial charge in [0.2, 0.25) is 5.91 Å². The number of anilines is 2. The maximum atomic E-state index is 13.6. The van der Waals surface area contributed by atoms with Crippen LogP contribution in [0, 0.1) is 6.92 Å². The number of amides is 2. The Kier molecular flexibility index (Phi) is 4.52. The number of fused-ring (bicyclic) bond motifs is 6. The van der Waals surface area contributed by atoms with Gasteiger partial charge in [-0.2, -0.15) is 0 Å². The van der Waals surface area contributed by atoms with E-state index in [-0.39, 0.29) is 18.4 Å². The van der Waals surface area contributed by atoms with Crippen LogP contribution >= 0.6 is 0 Å². The monoisotopic (exact) mass is 450 g/mol. The van der Waals surface area contributed by atoms with Gasteiger partial charge in [0.25, 0.3) is 5.91 Å². The average molecular weight is 450 g/mol. The molecule has 5 aromatic rings. The quantitative estimate of drug-likeness (QED) is 0.423. The molecule has 2 aromatic heterocycles. The van der Waals surface area contributed by atoms with Crippen molar-refractivity contribution in [3.05, 3.63) is 78.6 Å². The molecule has 0 bridgehead atoms. The number of aryl methyl sites for hydroxylation is 1. The van der Waals surface area contributed by atoms with Crippen molar-refractivity contribution >= 4 is 50.5 Å². The van der Waals surface area contributed by atoms with E-state index in [1.54, 1.807) is 11.0 Å². The van der Waals surface area contributed by atoms with Crippen LogP contribution in [0.25, 0.3) is 27.3 Å². The average Bonchev–Trinajstić information content (AvgIpc) is 3.18. The van der Waals surface area contributed by atoms with Crippen LogP contribution in [-0.4, -0.2) is 33.8 Å². The first-order chi connectivity index (χ1) is 16.5. The van der Waals surface area contributed by atoms with Crippen LogP contribution in [0.5, 0.6) is 5.75 Å². The van der Waals surface area contributed by atoms with E-state index < -0.39 is 6.10 Å². The van der Waals surface area contributed by atoms with Crippen LogP contribution in [0.3, 0.4) is 0 Å². The van der Waals surface area contributed by atoms with Gasteiger partial charge in [-0.05, 0) is 31.2 Å². The number of hydrogen-bond donors (Lipinski definition) is 1. The molecule has 6 rings (SSSR count). The van der Waals surface area contributed by atoms with Gasteiger partial charge in [-0.15, -0.1) is 0 Å². The van der Waals surface area contributed by atoms with Crippen molar-refractivity contribution in [3.63, 3.8) is 0 Å². The summed E-state index contributed by atoms with van der Waals surface area (Å²) in [5, 5.41) is 4.99. The molecular weight excluding hydrogens is 428 g/mol. The SMILES string of the molecule is CC(=O)N1CC(C(=O)Nc2c3ccccc3n3c(C)nc4ccccc4c23)Oc2ccccc21. The molecule has 7 heteroatoms. The third-order valence-corrected chi connectivity index (χ3v) is 6.33. The van der Waals surface area contributed by atoms with Crippen molar-refractivity contribution in [2.24, 2.45) is 0 Å². The Balaban J connectivity index is 1.49. The fourth-order valence-electron chi connectivity index (χ4n) is 4.83. The standard InChI is InChI=1S/C27H22N4O3/c1-16-28-20-11-5-3-9-18(20)26-25(19-10-4-6-12-21(19)31(16)26)29-27(33)24-15-30(17(2)32)22-13-7-8-14-23(22)34-24/h3-14,24H,15H2,1-2H3,(H,29,33). The van der Waals surface area contributed by atoms with Crippen LogP contribution in [0.15, 0.2) is 72.8 Å². The number of aromatic nitrogens is 2. The third kappa shape index (κ3) is 3.01. The number of nitrogens with zero attached hydrogens (tertiary/aromatic N) is 3. The van der Waals surface area contributed by atoms with Gasteiger partial charge >= 0.3 is 0 Å². The van der Waals surface area contributed by atoms with Gasteiger partial charge in [0.15, 0.2) is 6.10 Å². The third-order valence-electron chi connectivity index (χ3n) is 6.33. The smallest absolute Gasteiger partial charge is 0.267 e. The molecule has 1 aliphatic rings. The van der Waals surface area contributed by atoms with E-state index in [1.807, 2.05) is 73.7 Å². The molecule has 0 aliphatic carbocycles. The Bertz CT molecular complexity index is 1620. The van der Waals surface area contributed by atoms with Crippen molar-refractivity contribution in [1.29, 1.82) is 0 Å². The first-order valence-corrected chi connectivity index (χ1v) is 11.2. The molecule has 3 aromatic carbocycles. The minimum absolute atomic E-state index is 0.138. The van der Waals surface area contributed by atoms with Crippen LogP contribution < -0.4 is 15.0 Å².